The lowest BCUT2D eigenvalue weighted by molar-refractivity contribution is -0.142. The summed E-state index contributed by atoms with van der Waals surface area (Å²) in [6, 6.07) is 3.86. The van der Waals surface area contributed by atoms with Gasteiger partial charge in [-0.3, -0.25) is 4.79 Å². The molecule has 1 atom stereocenters. The fourth-order valence-corrected chi connectivity index (χ4v) is 1.36. The number of aromatic hydroxyl groups is 1. The highest BCUT2D eigenvalue weighted by atomic mass is 35.5. The monoisotopic (exact) mass is 311 g/mol. The Morgan fingerprint density at radius 3 is 2.15 bits per heavy atom. The van der Waals surface area contributed by atoms with Crippen molar-refractivity contribution in [1.82, 2.24) is 0 Å². The molecule has 0 spiro atoms. The van der Waals surface area contributed by atoms with E-state index in [-0.39, 0.29) is 41.1 Å². The van der Waals surface area contributed by atoms with Crippen LogP contribution in [0.3, 0.4) is 0 Å². The van der Waals surface area contributed by atoms with Crippen molar-refractivity contribution in [3.8, 4) is 5.75 Å². The number of carbonyl (C=O) groups is 2. The molecule has 8 nitrogen and oxygen atoms in total. The Kier molecular flexibility index (Phi) is 9.68. The Morgan fingerprint density at radius 1 is 1.25 bits per heavy atom. The minimum atomic E-state index is -1.48. The van der Waals surface area contributed by atoms with Crippen molar-refractivity contribution in [3.05, 3.63) is 29.3 Å². The Labute approximate surface area is 120 Å². The van der Waals surface area contributed by atoms with Crippen LogP contribution in [0.4, 0.5) is 0 Å². The zero-order valence-corrected chi connectivity index (χ0v) is 11.4. The number of carboxylic acid groups (broad SMARTS) is 2. The number of hydrogen-bond donors (Lipinski definition) is 4. The fourth-order valence-electron chi connectivity index (χ4n) is 1.36. The number of nitrogens with two attached hydrogens (primary N) is 1. The van der Waals surface area contributed by atoms with E-state index in [9.17, 15) is 14.7 Å². The maximum absolute atomic E-state index is 10.8. The van der Waals surface area contributed by atoms with Crippen molar-refractivity contribution in [2.45, 2.75) is 18.9 Å². The molecule has 1 rings (SSSR count). The van der Waals surface area contributed by atoms with E-state index in [0.717, 1.165) is 0 Å². The van der Waals surface area contributed by atoms with Crippen LogP contribution >= 0.6 is 12.4 Å². The quantitative estimate of drug-likeness (QED) is 0.564. The van der Waals surface area contributed by atoms with Gasteiger partial charge in [-0.25, -0.2) is 4.79 Å². The normalized spacial score (nSPS) is 11.9. The first-order chi connectivity index (χ1) is 7.74. The summed E-state index contributed by atoms with van der Waals surface area (Å²) < 4.78 is 0. The average Bonchev–Trinajstić information content (AvgIpc) is 2.20. The molecular formula is C11H18ClNO7. The predicted molar refractivity (Wildman–Crippen MR) is 73.5 cm³/mol. The molecule has 0 aliphatic carbocycles. The molecule has 0 aliphatic rings. The number of benzene rings is 1. The number of phenols is 1. The molecule has 0 bridgehead atoms. The highest BCUT2D eigenvalue weighted by Crippen LogP contribution is 2.21. The first-order valence-electron chi connectivity index (χ1n) is 4.81. The summed E-state index contributed by atoms with van der Waals surface area (Å²) in [5, 5.41) is 26.9. The molecule has 0 aliphatic heterocycles. The van der Waals surface area contributed by atoms with Gasteiger partial charge in [0, 0.05) is 6.42 Å². The maximum Gasteiger partial charge on any atom is 0.339 e. The molecular weight excluding hydrogens is 294 g/mol. The van der Waals surface area contributed by atoms with E-state index in [2.05, 4.69) is 0 Å². The van der Waals surface area contributed by atoms with Crippen LogP contribution in [0.1, 0.15) is 22.8 Å². The minimum absolute atomic E-state index is 0. The van der Waals surface area contributed by atoms with Crippen LogP contribution in [0.2, 0.25) is 0 Å². The van der Waals surface area contributed by atoms with Crippen LogP contribution < -0.4 is 5.73 Å². The number of carboxylic acids is 2. The van der Waals surface area contributed by atoms with Crippen LogP contribution in [0, 0.1) is 0 Å². The first-order valence-corrected chi connectivity index (χ1v) is 4.81. The fraction of sp³-hybridized carbons (Fsp3) is 0.273. The van der Waals surface area contributed by atoms with E-state index in [4.69, 9.17) is 15.9 Å². The van der Waals surface area contributed by atoms with Gasteiger partial charge in [0.2, 0.25) is 0 Å². The summed E-state index contributed by atoms with van der Waals surface area (Å²) in [5.41, 5.74) is 4.23. The van der Waals surface area contributed by atoms with Gasteiger partial charge in [-0.2, -0.15) is 0 Å². The number of rotatable bonds is 4. The topological polar surface area (TPSA) is 184 Å². The molecule has 0 saturated heterocycles. The molecule has 0 saturated carbocycles. The number of hydrogen-bond acceptors (Lipinski definition) is 4. The van der Waals surface area contributed by atoms with Gasteiger partial charge < -0.3 is 32.0 Å². The molecule has 116 valence electrons. The molecule has 0 aromatic heterocycles. The van der Waals surface area contributed by atoms with Gasteiger partial charge >= 0.3 is 11.9 Å². The zero-order chi connectivity index (χ0) is 13.2. The van der Waals surface area contributed by atoms with E-state index < -0.39 is 17.5 Å². The van der Waals surface area contributed by atoms with Crippen LogP contribution in [0.15, 0.2) is 18.2 Å². The molecule has 0 radical (unpaired) electrons. The zero-order valence-electron chi connectivity index (χ0n) is 10.6. The third kappa shape index (κ3) is 5.41. The average molecular weight is 312 g/mol. The van der Waals surface area contributed by atoms with E-state index >= 15 is 0 Å². The lowest BCUT2D eigenvalue weighted by atomic mass is 9.93. The molecule has 1 aromatic rings. The first kappa shape index (κ1) is 23.2. The van der Waals surface area contributed by atoms with E-state index in [1.54, 1.807) is 0 Å². The summed E-state index contributed by atoms with van der Waals surface area (Å²) in [6.45, 7) is 1.34. The van der Waals surface area contributed by atoms with Crippen molar-refractivity contribution >= 4 is 24.3 Å². The van der Waals surface area contributed by atoms with Crippen molar-refractivity contribution < 1.29 is 35.9 Å². The van der Waals surface area contributed by atoms with Crippen molar-refractivity contribution in [2.24, 2.45) is 5.73 Å². The van der Waals surface area contributed by atoms with Gasteiger partial charge in [-0.05, 0) is 24.6 Å². The van der Waals surface area contributed by atoms with E-state index in [1.165, 1.54) is 25.1 Å². The lowest BCUT2D eigenvalue weighted by Crippen LogP contribution is -2.46. The second-order valence-corrected chi connectivity index (χ2v) is 4.06. The van der Waals surface area contributed by atoms with Crippen LogP contribution in [0.5, 0.6) is 5.75 Å². The third-order valence-electron chi connectivity index (χ3n) is 2.35. The van der Waals surface area contributed by atoms with Gasteiger partial charge in [0.1, 0.15) is 16.9 Å². The Hall–Kier alpha value is -1.87. The summed E-state index contributed by atoms with van der Waals surface area (Å²) in [5.74, 6) is -2.82. The summed E-state index contributed by atoms with van der Waals surface area (Å²) in [6.07, 6.45) is -0.0249. The second-order valence-electron chi connectivity index (χ2n) is 4.06. The molecule has 0 heterocycles. The second kappa shape index (κ2) is 8.33. The van der Waals surface area contributed by atoms with Crippen LogP contribution in [-0.2, 0) is 11.2 Å². The Morgan fingerprint density at radius 2 is 1.75 bits per heavy atom. The lowest BCUT2D eigenvalue weighted by Gasteiger charge is -2.19. The molecule has 9 heteroatoms. The molecule has 0 fully saturated rings. The smallest absolute Gasteiger partial charge is 0.339 e. The highest BCUT2D eigenvalue weighted by Gasteiger charge is 2.28. The van der Waals surface area contributed by atoms with Gasteiger partial charge in [-0.15, -0.1) is 12.4 Å². The molecule has 0 amide bonds. The van der Waals surface area contributed by atoms with Gasteiger partial charge in [0.05, 0.1) is 0 Å². The van der Waals surface area contributed by atoms with Gasteiger partial charge in [-0.1, -0.05) is 6.07 Å². The third-order valence-corrected chi connectivity index (χ3v) is 2.35. The highest BCUT2D eigenvalue weighted by molar-refractivity contribution is 5.91. The SMILES string of the molecule is C[C@@](N)(Cc1ccc(O)c(C(=O)O)c1)C(=O)O.Cl.O.O. The van der Waals surface area contributed by atoms with Crippen molar-refractivity contribution in [2.75, 3.05) is 0 Å². The molecule has 1 aromatic carbocycles. The van der Waals surface area contributed by atoms with Gasteiger partial charge in [0.15, 0.2) is 0 Å². The van der Waals surface area contributed by atoms with Crippen LogP contribution in [0.25, 0.3) is 0 Å². The van der Waals surface area contributed by atoms with Crippen molar-refractivity contribution in [1.29, 1.82) is 0 Å². The van der Waals surface area contributed by atoms with E-state index in [0.29, 0.717) is 5.56 Å². The summed E-state index contributed by atoms with van der Waals surface area (Å²) in [4.78, 5) is 21.6. The molecule has 0 unspecified atom stereocenters. The standard InChI is InChI=1S/C11H13NO5.ClH.2H2O/c1-11(12,10(16)17)5-6-2-3-8(13)7(4-6)9(14)15;;;/h2-4,13H,5,12H2,1H3,(H,14,15)(H,16,17);1H;2*1H2/t11-;;;/m1.../s1. The largest absolute Gasteiger partial charge is 0.507 e. The molecule has 20 heavy (non-hydrogen) atoms. The van der Waals surface area contributed by atoms with Crippen molar-refractivity contribution in [3.63, 3.8) is 0 Å². The predicted octanol–water partition coefficient (Wildman–Crippen LogP) is -0.793. The van der Waals surface area contributed by atoms with Gasteiger partial charge in [0.25, 0.3) is 0 Å². The van der Waals surface area contributed by atoms with Crippen LogP contribution in [-0.4, -0.2) is 43.7 Å². The summed E-state index contributed by atoms with van der Waals surface area (Å²) in [7, 11) is 0. The Bertz CT molecular complexity index is 476. The minimum Gasteiger partial charge on any atom is -0.507 e. The number of aliphatic carboxylic acids is 1. The molecule has 9 N–H and O–H groups in total. The Balaban J connectivity index is -0.000000963. The maximum atomic E-state index is 10.8. The number of aromatic carboxylic acids is 1. The summed E-state index contributed by atoms with van der Waals surface area (Å²) >= 11 is 0. The number of halogens is 1. The van der Waals surface area contributed by atoms with E-state index in [1.807, 2.05) is 0 Å².